The summed E-state index contributed by atoms with van der Waals surface area (Å²) in [5.74, 6) is -1.09. The van der Waals surface area contributed by atoms with Gasteiger partial charge in [0.2, 0.25) is 0 Å². The first-order valence-electron chi connectivity index (χ1n) is 6.41. The molecule has 0 radical (unpaired) electrons. The Morgan fingerprint density at radius 3 is 2.70 bits per heavy atom. The largest absolute Gasteiger partial charge is 0.466 e. The molecule has 1 aromatic rings. The van der Waals surface area contributed by atoms with E-state index in [2.05, 4.69) is 0 Å². The minimum absolute atomic E-state index is 0.275. The fourth-order valence-electron chi connectivity index (χ4n) is 2.55. The number of fused-ring (bicyclic) bond motifs is 1. The summed E-state index contributed by atoms with van der Waals surface area (Å²) in [6, 6.07) is 4.04. The molecular weight excluding hydrogens is 276 g/mol. The van der Waals surface area contributed by atoms with E-state index in [1.807, 2.05) is 37.4 Å². The third-order valence-electron chi connectivity index (χ3n) is 3.38. The fraction of sp³-hybridized carbons (Fsp3) is 0.400. The van der Waals surface area contributed by atoms with Gasteiger partial charge in [-0.25, -0.2) is 4.79 Å². The molecule has 1 saturated heterocycles. The van der Waals surface area contributed by atoms with Crippen molar-refractivity contribution < 1.29 is 19.0 Å². The molecule has 1 aliphatic carbocycles. The van der Waals surface area contributed by atoms with Gasteiger partial charge >= 0.3 is 5.97 Å². The Bertz CT molecular complexity index is 583. The Morgan fingerprint density at radius 1 is 1.30 bits per heavy atom. The maximum atomic E-state index is 11.9. The second-order valence-electron chi connectivity index (χ2n) is 5.19. The predicted molar refractivity (Wildman–Crippen MR) is 76.2 cm³/mol. The number of hydrogen-bond acceptors (Lipinski definition) is 5. The summed E-state index contributed by atoms with van der Waals surface area (Å²) in [7, 11) is 1.37. The lowest BCUT2D eigenvalue weighted by Crippen LogP contribution is -2.32. The van der Waals surface area contributed by atoms with Gasteiger partial charge in [-0.05, 0) is 31.4 Å². The Hall–Kier alpha value is -1.43. The molecule has 3 rings (SSSR count). The van der Waals surface area contributed by atoms with Gasteiger partial charge < -0.3 is 14.2 Å². The summed E-state index contributed by atoms with van der Waals surface area (Å²) in [6.45, 7) is 3.71. The number of carbonyl (C=O) groups is 1. The highest BCUT2D eigenvalue weighted by molar-refractivity contribution is 7.11. The van der Waals surface area contributed by atoms with Crippen molar-refractivity contribution in [2.24, 2.45) is 0 Å². The van der Waals surface area contributed by atoms with Gasteiger partial charge in [-0.1, -0.05) is 12.1 Å². The van der Waals surface area contributed by atoms with Crippen LogP contribution in [0.4, 0.5) is 0 Å². The average molecular weight is 292 g/mol. The topological polar surface area (TPSA) is 44.8 Å². The summed E-state index contributed by atoms with van der Waals surface area (Å²) in [5.41, 5.74) is 1.55. The van der Waals surface area contributed by atoms with Crippen LogP contribution in [0.2, 0.25) is 0 Å². The number of methoxy groups -OCH3 is 1. The highest BCUT2D eigenvalue weighted by Gasteiger charge is 2.48. The first-order valence-corrected chi connectivity index (χ1v) is 7.29. The van der Waals surface area contributed by atoms with E-state index in [0.717, 1.165) is 10.5 Å². The van der Waals surface area contributed by atoms with Crippen LogP contribution in [-0.4, -0.2) is 31.1 Å². The van der Waals surface area contributed by atoms with Crippen LogP contribution in [0.3, 0.4) is 0 Å². The van der Waals surface area contributed by atoms with E-state index < -0.39 is 11.9 Å². The summed E-state index contributed by atoms with van der Waals surface area (Å²) in [4.78, 5) is 13.0. The van der Waals surface area contributed by atoms with E-state index in [0.29, 0.717) is 5.57 Å². The van der Waals surface area contributed by atoms with E-state index in [4.69, 9.17) is 14.2 Å². The molecule has 1 aromatic heterocycles. The van der Waals surface area contributed by atoms with Gasteiger partial charge in [0.25, 0.3) is 0 Å². The molecule has 0 amide bonds. The normalized spacial score (nSPS) is 27.6. The lowest BCUT2D eigenvalue weighted by molar-refractivity contribution is -0.145. The van der Waals surface area contributed by atoms with E-state index >= 15 is 0 Å². The number of rotatable bonds is 2. The summed E-state index contributed by atoms with van der Waals surface area (Å²) >= 11 is 1.64. The van der Waals surface area contributed by atoms with Crippen molar-refractivity contribution in [2.75, 3.05) is 7.11 Å². The zero-order valence-corrected chi connectivity index (χ0v) is 12.4. The molecule has 1 aliphatic heterocycles. The van der Waals surface area contributed by atoms with Crippen molar-refractivity contribution in [3.05, 3.63) is 40.1 Å². The molecule has 1 fully saturated rings. The number of carbonyl (C=O) groups excluding carboxylic acids is 1. The van der Waals surface area contributed by atoms with Crippen LogP contribution in [-0.2, 0) is 19.0 Å². The third-order valence-corrected chi connectivity index (χ3v) is 4.30. The number of hydrogen-bond donors (Lipinski definition) is 0. The summed E-state index contributed by atoms with van der Waals surface area (Å²) in [5, 5.41) is 2.02. The highest BCUT2D eigenvalue weighted by Crippen LogP contribution is 2.42. The van der Waals surface area contributed by atoms with Crippen molar-refractivity contribution >= 4 is 22.9 Å². The van der Waals surface area contributed by atoms with Crippen LogP contribution in [0.15, 0.2) is 35.2 Å². The van der Waals surface area contributed by atoms with Crippen LogP contribution in [0.5, 0.6) is 0 Å². The number of ether oxygens (including phenoxy) is 3. The standard InChI is InChI=1S/C15H16O4S/c1-15(2)18-12-9(11-5-4-8-20-11)6-7-10(13(12)19-15)14(16)17-3/h4-8,12-13H,1-3H3/t12-,13+/m1/s1. The van der Waals surface area contributed by atoms with Gasteiger partial charge in [0.1, 0.15) is 12.2 Å². The molecular formula is C15H16O4S. The maximum absolute atomic E-state index is 11.9. The summed E-state index contributed by atoms with van der Waals surface area (Å²) < 4.78 is 16.7. The zero-order chi connectivity index (χ0) is 14.3. The molecule has 2 aliphatic rings. The van der Waals surface area contributed by atoms with Crippen molar-refractivity contribution in [2.45, 2.75) is 31.8 Å². The lowest BCUT2D eigenvalue weighted by Gasteiger charge is -2.23. The van der Waals surface area contributed by atoms with Crippen LogP contribution >= 0.6 is 11.3 Å². The monoisotopic (exact) mass is 292 g/mol. The van der Waals surface area contributed by atoms with Gasteiger partial charge in [0, 0.05) is 10.5 Å². The molecule has 20 heavy (non-hydrogen) atoms. The molecule has 106 valence electrons. The van der Waals surface area contributed by atoms with Crippen LogP contribution in [0.25, 0.3) is 5.57 Å². The SMILES string of the molecule is COC(=O)C1=CC=C(c2cccs2)[C@H]2OC(C)(C)O[C@@H]12. The molecule has 0 unspecified atom stereocenters. The Morgan fingerprint density at radius 2 is 2.05 bits per heavy atom. The van der Waals surface area contributed by atoms with Gasteiger partial charge in [0.15, 0.2) is 5.79 Å². The van der Waals surface area contributed by atoms with E-state index in [-0.39, 0.29) is 12.1 Å². The third kappa shape index (κ3) is 2.22. The van der Waals surface area contributed by atoms with Gasteiger partial charge in [0.05, 0.1) is 12.7 Å². The Balaban J connectivity index is 2.03. The van der Waals surface area contributed by atoms with E-state index in [1.54, 1.807) is 17.4 Å². The van der Waals surface area contributed by atoms with Crippen molar-refractivity contribution in [3.8, 4) is 0 Å². The number of allylic oxidation sites excluding steroid dienone is 2. The molecule has 0 aromatic carbocycles. The minimum atomic E-state index is -0.719. The molecule has 0 N–H and O–H groups in total. The van der Waals surface area contributed by atoms with Gasteiger partial charge in [-0.3, -0.25) is 0 Å². The number of thiophene rings is 1. The average Bonchev–Trinajstić information content (AvgIpc) is 3.02. The van der Waals surface area contributed by atoms with Crippen molar-refractivity contribution in [1.82, 2.24) is 0 Å². The smallest absolute Gasteiger partial charge is 0.336 e. The highest BCUT2D eigenvalue weighted by atomic mass is 32.1. The van der Waals surface area contributed by atoms with Gasteiger partial charge in [-0.2, -0.15) is 0 Å². The first-order chi connectivity index (χ1) is 9.52. The molecule has 4 nitrogen and oxygen atoms in total. The minimum Gasteiger partial charge on any atom is -0.466 e. The quantitative estimate of drug-likeness (QED) is 0.786. The van der Waals surface area contributed by atoms with E-state index in [1.165, 1.54) is 7.11 Å². The molecule has 0 bridgehead atoms. The summed E-state index contributed by atoms with van der Waals surface area (Å²) in [6.07, 6.45) is 3.00. The maximum Gasteiger partial charge on any atom is 0.336 e. The van der Waals surface area contributed by atoms with E-state index in [9.17, 15) is 4.79 Å². The molecule has 5 heteroatoms. The molecule has 0 saturated carbocycles. The zero-order valence-electron chi connectivity index (χ0n) is 11.6. The van der Waals surface area contributed by atoms with Crippen molar-refractivity contribution in [3.63, 3.8) is 0 Å². The Labute approximate surface area is 121 Å². The van der Waals surface area contributed by atoms with Crippen molar-refractivity contribution in [1.29, 1.82) is 0 Å². The second-order valence-corrected chi connectivity index (χ2v) is 6.14. The fourth-order valence-corrected chi connectivity index (χ4v) is 3.33. The first kappa shape index (κ1) is 13.5. The molecule has 2 atom stereocenters. The molecule has 2 heterocycles. The van der Waals surface area contributed by atoms with Crippen LogP contribution in [0, 0.1) is 0 Å². The second kappa shape index (κ2) is 4.84. The molecule has 0 spiro atoms. The number of esters is 1. The van der Waals surface area contributed by atoms with Gasteiger partial charge in [-0.15, -0.1) is 11.3 Å². The van der Waals surface area contributed by atoms with Crippen LogP contribution < -0.4 is 0 Å². The van der Waals surface area contributed by atoms with Crippen LogP contribution in [0.1, 0.15) is 18.7 Å². The Kier molecular flexibility index (Phi) is 3.28. The predicted octanol–water partition coefficient (Wildman–Crippen LogP) is 2.76. The lowest BCUT2D eigenvalue weighted by atomic mass is 9.92.